The van der Waals surface area contributed by atoms with E-state index >= 15 is 0 Å². The predicted molar refractivity (Wildman–Crippen MR) is 94.2 cm³/mol. The fourth-order valence-electron chi connectivity index (χ4n) is 2.23. The van der Waals surface area contributed by atoms with Crippen molar-refractivity contribution in [2.75, 3.05) is 20.1 Å². The number of carboxylic acid groups (broad SMARTS) is 1. The molecule has 1 amide bonds. The van der Waals surface area contributed by atoms with Crippen molar-refractivity contribution in [2.45, 2.75) is 13.2 Å². The number of rotatable bonds is 9. The highest BCUT2D eigenvalue weighted by Crippen LogP contribution is 2.12. The van der Waals surface area contributed by atoms with E-state index in [4.69, 9.17) is 9.84 Å². The molecule has 2 N–H and O–H groups in total. The Kier molecular flexibility index (Phi) is 6.98. The van der Waals surface area contributed by atoms with Gasteiger partial charge in [0, 0.05) is 6.54 Å². The highest BCUT2D eigenvalue weighted by atomic mass is 16.5. The van der Waals surface area contributed by atoms with E-state index in [-0.39, 0.29) is 19.0 Å². The van der Waals surface area contributed by atoms with Crippen molar-refractivity contribution in [3.05, 3.63) is 65.7 Å². The first kappa shape index (κ1) is 18.5. The van der Waals surface area contributed by atoms with Crippen molar-refractivity contribution in [3.63, 3.8) is 0 Å². The number of amides is 1. The van der Waals surface area contributed by atoms with Gasteiger partial charge in [-0.05, 0) is 30.3 Å². The van der Waals surface area contributed by atoms with E-state index in [9.17, 15) is 9.59 Å². The van der Waals surface area contributed by atoms with Crippen LogP contribution in [-0.2, 0) is 22.7 Å². The van der Waals surface area contributed by atoms with Crippen LogP contribution in [0.1, 0.15) is 11.1 Å². The molecule has 0 aromatic heterocycles. The van der Waals surface area contributed by atoms with Crippen LogP contribution < -0.4 is 10.1 Å². The first-order valence-corrected chi connectivity index (χ1v) is 7.95. The predicted octanol–water partition coefficient (Wildman–Crippen LogP) is 1.90. The Balaban J connectivity index is 1.74. The van der Waals surface area contributed by atoms with E-state index in [1.54, 1.807) is 7.05 Å². The monoisotopic (exact) mass is 342 g/mol. The zero-order valence-electron chi connectivity index (χ0n) is 14.1. The number of hydrogen-bond donors (Lipinski definition) is 2. The van der Waals surface area contributed by atoms with Gasteiger partial charge in [-0.3, -0.25) is 14.5 Å². The summed E-state index contributed by atoms with van der Waals surface area (Å²) in [5.41, 5.74) is 2.01. The summed E-state index contributed by atoms with van der Waals surface area (Å²) in [6, 6.07) is 17.4. The molecule has 0 radical (unpaired) electrons. The molecule has 0 saturated carbocycles. The second-order valence-corrected chi connectivity index (χ2v) is 5.76. The van der Waals surface area contributed by atoms with Gasteiger partial charge in [-0.2, -0.15) is 0 Å². The van der Waals surface area contributed by atoms with E-state index in [0.29, 0.717) is 13.2 Å². The van der Waals surface area contributed by atoms with Crippen LogP contribution >= 0.6 is 0 Å². The summed E-state index contributed by atoms with van der Waals surface area (Å²) in [7, 11) is 1.59. The largest absolute Gasteiger partial charge is 0.489 e. The Bertz CT molecular complexity index is 686. The number of carbonyl (C=O) groups excluding carboxylic acids is 1. The number of nitrogens with zero attached hydrogens (tertiary/aromatic N) is 1. The molecule has 2 aromatic carbocycles. The van der Waals surface area contributed by atoms with Crippen LogP contribution in [0.5, 0.6) is 5.75 Å². The minimum Gasteiger partial charge on any atom is -0.489 e. The maximum absolute atomic E-state index is 11.8. The third-order valence-electron chi connectivity index (χ3n) is 3.48. The topological polar surface area (TPSA) is 78.9 Å². The average molecular weight is 342 g/mol. The summed E-state index contributed by atoms with van der Waals surface area (Å²) in [4.78, 5) is 23.8. The third-order valence-corrected chi connectivity index (χ3v) is 3.48. The van der Waals surface area contributed by atoms with Crippen LogP contribution in [0.3, 0.4) is 0 Å². The lowest BCUT2D eigenvalue weighted by atomic mass is 10.1. The number of para-hydroxylation sites is 1. The highest BCUT2D eigenvalue weighted by Gasteiger charge is 2.09. The second kappa shape index (κ2) is 9.44. The van der Waals surface area contributed by atoms with Gasteiger partial charge in [0.25, 0.3) is 0 Å². The van der Waals surface area contributed by atoms with Gasteiger partial charge >= 0.3 is 5.97 Å². The first-order chi connectivity index (χ1) is 12.0. The van der Waals surface area contributed by atoms with Crippen LogP contribution in [0.25, 0.3) is 0 Å². The molecule has 0 atom stereocenters. The first-order valence-electron chi connectivity index (χ1n) is 7.95. The van der Waals surface area contributed by atoms with Gasteiger partial charge in [-0.15, -0.1) is 0 Å². The maximum atomic E-state index is 11.8. The Morgan fingerprint density at radius 2 is 1.64 bits per heavy atom. The molecule has 2 aromatic rings. The van der Waals surface area contributed by atoms with Crippen molar-refractivity contribution < 1.29 is 19.4 Å². The van der Waals surface area contributed by atoms with Gasteiger partial charge in [0.2, 0.25) is 5.91 Å². The van der Waals surface area contributed by atoms with E-state index in [0.717, 1.165) is 16.9 Å². The lowest BCUT2D eigenvalue weighted by molar-refractivity contribution is -0.138. The number of carbonyl (C=O) groups is 2. The van der Waals surface area contributed by atoms with Gasteiger partial charge < -0.3 is 15.2 Å². The molecule has 0 fully saturated rings. The number of aliphatic carboxylic acids is 1. The van der Waals surface area contributed by atoms with Gasteiger partial charge in [-0.1, -0.05) is 42.5 Å². The molecule has 0 aliphatic carbocycles. The van der Waals surface area contributed by atoms with Crippen LogP contribution in [0.4, 0.5) is 0 Å². The minimum absolute atomic E-state index is 0.0509. The molecule has 0 aliphatic heterocycles. The van der Waals surface area contributed by atoms with E-state index in [1.165, 1.54) is 4.90 Å². The molecule has 0 spiro atoms. The van der Waals surface area contributed by atoms with Gasteiger partial charge in [0.05, 0.1) is 13.1 Å². The van der Waals surface area contributed by atoms with Gasteiger partial charge in [-0.25, -0.2) is 0 Å². The molecule has 0 saturated heterocycles. The van der Waals surface area contributed by atoms with E-state index < -0.39 is 5.97 Å². The van der Waals surface area contributed by atoms with Crippen molar-refractivity contribution in [1.29, 1.82) is 0 Å². The number of benzene rings is 2. The van der Waals surface area contributed by atoms with Crippen LogP contribution in [-0.4, -0.2) is 42.0 Å². The number of nitrogens with one attached hydrogen (secondary N) is 1. The summed E-state index contributed by atoms with van der Waals surface area (Å²) >= 11 is 0. The highest BCUT2D eigenvalue weighted by molar-refractivity contribution is 5.78. The SMILES string of the molecule is CN(CC(=O)O)CC(=O)NCc1ccc(COc2ccccc2)cc1. The summed E-state index contributed by atoms with van der Waals surface area (Å²) in [5.74, 6) is -0.340. The quantitative estimate of drug-likeness (QED) is 0.728. The smallest absolute Gasteiger partial charge is 0.317 e. The molecular weight excluding hydrogens is 320 g/mol. The number of likely N-dealkylation sites (N-methyl/N-ethyl adjacent to an activating group) is 1. The lowest BCUT2D eigenvalue weighted by Gasteiger charge is -2.13. The second-order valence-electron chi connectivity index (χ2n) is 5.76. The lowest BCUT2D eigenvalue weighted by Crippen LogP contribution is -2.37. The molecule has 0 bridgehead atoms. The third kappa shape index (κ3) is 7.05. The zero-order valence-corrected chi connectivity index (χ0v) is 14.1. The molecule has 6 nitrogen and oxygen atoms in total. The van der Waals surface area contributed by atoms with Crippen LogP contribution in [0.15, 0.2) is 54.6 Å². The molecule has 0 unspecified atom stereocenters. The van der Waals surface area contributed by atoms with Crippen LogP contribution in [0, 0.1) is 0 Å². The molecule has 0 aliphatic rings. The Morgan fingerprint density at radius 3 is 2.28 bits per heavy atom. The maximum Gasteiger partial charge on any atom is 0.317 e. The fraction of sp³-hybridized carbons (Fsp3) is 0.263. The average Bonchev–Trinajstić information content (AvgIpc) is 2.59. The van der Waals surface area contributed by atoms with E-state index in [2.05, 4.69) is 5.32 Å². The number of hydrogen-bond acceptors (Lipinski definition) is 4. The van der Waals surface area contributed by atoms with Crippen molar-refractivity contribution in [3.8, 4) is 5.75 Å². The standard InChI is InChI=1S/C19H22N2O4/c1-21(13-19(23)24)12-18(22)20-11-15-7-9-16(10-8-15)14-25-17-5-3-2-4-6-17/h2-10H,11-14H2,1H3,(H,20,22)(H,23,24). The summed E-state index contributed by atoms with van der Waals surface area (Å²) < 4.78 is 5.68. The molecule has 25 heavy (non-hydrogen) atoms. The van der Waals surface area contributed by atoms with Crippen molar-refractivity contribution in [1.82, 2.24) is 10.2 Å². The van der Waals surface area contributed by atoms with E-state index in [1.807, 2.05) is 54.6 Å². The molecule has 0 heterocycles. The molecule has 132 valence electrons. The summed E-state index contributed by atoms with van der Waals surface area (Å²) in [5, 5.41) is 11.4. The van der Waals surface area contributed by atoms with Crippen molar-refractivity contribution in [2.24, 2.45) is 0 Å². The number of ether oxygens (including phenoxy) is 1. The number of carboxylic acids is 1. The summed E-state index contributed by atoms with van der Waals surface area (Å²) in [6.45, 7) is 0.773. The van der Waals surface area contributed by atoms with Gasteiger partial charge in [0.1, 0.15) is 12.4 Å². The summed E-state index contributed by atoms with van der Waals surface area (Å²) in [6.07, 6.45) is 0. The normalized spacial score (nSPS) is 10.5. The molecule has 2 rings (SSSR count). The molecule has 6 heteroatoms. The minimum atomic E-state index is -0.955. The van der Waals surface area contributed by atoms with Crippen molar-refractivity contribution >= 4 is 11.9 Å². The molecular formula is C19H22N2O4. The Hall–Kier alpha value is -2.86. The zero-order chi connectivity index (χ0) is 18.1. The van der Waals surface area contributed by atoms with Crippen LogP contribution in [0.2, 0.25) is 0 Å². The Morgan fingerprint density at radius 1 is 1.00 bits per heavy atom. The fourth-order valence-corrected chi connectivity index (χ4v) is 2.23. The van der Waals surface area contributed by atoms with Gasteiger partial charge in [0.15, 0.2) is 0 Å². The Labute approximate surface area is 147 Å².